The minimum absolute atomic E-state index is 0.0456. The molecule has 0 aromatic heterocycles. The number of hydrogen-bond donors (Lipinski definition) is 2. The average molecular weight is 271 g/mol. The van der Waals surface area contributed by atoms with Gasteiger partial charge in [-0.25, -0.2) is 0 Å². The van der Waals surface area contributed by atoms with Crippen LogP contribution in [0.2, 0.25) is 5.02 Å². The predicted octanol–water partition coefficient (Wildman–Crippen LogP) is 2.68. The lowest BCUT2D eigenvalue weighted by Gasteiger charge is -2.16. The fraction of sp³-hybridized carbons (Fsp3) is 0.462. The molecule has 1 atom stereocenters. The van der Waals surface area contributed by atoms with Crippen LogP contribution in [0.3, 0.4) is 0 Å². The van der Waals surface area contributed by atoms with Gasteiger partial charge in [0.05, 0.1) is 17.8 Å². The molecule has 2 N–H and O–H groups in total. The van der Waals surface area contributed by atoms with Crippen molar-refractivity contribution in [1.82, 2.24) is 5.32 Å². The van der Waals surface area contributed by atoms with Crippen molar-refractivity contribution in [3.63, 3.8) is 0 Å². The van der Waals surface area contributed by atoms with Crippen LogP contribution in [0.25, 0.3) is 0 Å². The SMILES string of the molecule is CCCNC(=O)C(C)Nc1cc(OC)ccc1Cl. The summed E-state index contributed by atoms with van der Waals surface area (Å²) in [7, 11) is 1.59. The topological polar surface area (TPSA) is 50.4 Å². The molecule has 1 rings (SSSR count). The molecular formula is C13H19ClN2O2. The van der Waals surface area contributed by atoms with E-state index in [9.17, 15) is 4.79 Å². The first-order valence-electron chi connectivity index (χ1n) is 5.96. The van der Waals surface area contributed by atoms with Crippen LogP contribution in [0.4, 0.5) is 5.69 Å². The molecule has 0 aliphatic carbocycles. The van der Waals surface area contributed by atoms with Crippen LogP contribution in [-0.4, -0.2) is 25.6 Å². The third-order valence-corrected chi connectivity index (χ3v) is 2.82. The maximum atomic E-state index is 11.7. The highest BCUT2D eigenvalue weighted by Crippen LogP contribution is 2.27. The first-order chi connectivity index (χ1) is 8.58. The molecule has 18 heavy (non-hydrogen) atoms. The first kappa shape index (κ1) is 14.6. The molecule has 0 spiro atoms. The summed E-state index contributed by atoms with van der Waals surface area (Å²) in [5, 5.41) is 6.46. The molecule has 0 heterocycles. The summed E-state index contributed by atoms with van der Waals surface area (Å²) in [6.45, 7) is 4.48. The van der Waals surface area contributed by atoms with Crippen molar-refractivity contribution in [2.24, 2.45) is 0 Å². The lowest BCUT2D eigenvalue weighted by molar-refractivity contribution is -0.121. The highest BCUT2D eigenvalue weighted by Gasteiger charge is 2.13. The second kappa shape index (κ2) is 7.11. The van der Waals surface area contributed by atoms with Crippen LogP contribution in [0.1, 0.15) is 20.3 Å². The van der Waals surface area contributed by atoms with Crippen molar-refractivity contribution in [3.8, 4) is 5.75 Å². The van der Waals surface area contributed by atoms with E-state index in [2.05, 4.69) is 10.6 Å². The van der Waals surface area contributed by atoms with Gasteiger partial charge >= 0.3 is 0 Å². The number of rotatable bonds is 6. The number of amides is 1. The van der Waals surface area contributed by atoms with Crippen LogP contribution in [0.5, 0.6) is 5.75 Å². The van der Waals surface area contributed by atoms with Gasteiger partial charge < -0.3 is 15.4 Å². The maximum absolute atomic E-state index is 11.7. The molecule has 0 fully saturated rings. The molecule has 4 nitrogen and oxygen atoms in total. The van der Waals surface area contributed by atoms with E-state index < -0.39 is 0 Å². The zero-order chi connectivity index (χ0) is 13.5. The summed E-state index contributed by atoms with van der Waals surface area (Å²) in [5.41, 5.74) is 0.690. The highest BCUT2D eigenvalue weighted by atomic mass is 35.5. The summed E-state index contributed by atoms with van der Waals surface area (Å²) >= 11 is 6.06. The van der Waals surface area contributed by atoms with Gasteiger partial charge in [-0.3, -0.25) is 4.79 Å². The summed E-state index contributed by atoms with van der Waals surface area (Å²) in [4.78, 5) is 11.7. The number of hydrogen-bond acceptors (Lipinski definition) is 3. The summed E-state index contributed by atoms with van der Waals surface area (Å²) < 4.78 is 5.12. The Bertz CT molecular complexity index is 410. The van der Waals surface area contributed by atoms with Crippen LogP contribution < -0.4 is 15.4 Å². The van der Waals surface area contributed by atoms with Crippen LogP contribution in [-0.2, 0) is 4.79 Å². The molecule has 100 valence electrons. The maximum Gasteiger partial charge on any atom is 0.242 e. The summed E-state index contributed by atoms with van der Waals surface area (Å²) in [6, 6.07) is 4.93. The van der Waals surface area contributed by atoms with Gasteiger partial charge in [-0.1, -0.05) is 18.5 Å². The second-order valence-electron chi connectivity index (χ2n) is 4.00. The monoisotopic (exact) mass is 270 g/mol. The van der Waals surface area contributed by atoms with Crippen LogP contribution >= 0.6 is 11.6 Å². The minimum Gasteiger partial charge on any atom is -0.497 e. The predicted molar refractivity (Wildman–Crippen MR) is 74.4 cm³/mol. The number of anilines is 1. The van der Waals surface area contributed by atoms with Gasteiger partial charge in [-0.2, -0.15) is 0 Å². The van der Waals surface area contributed by atoms with E-state index >= 15 is 0 Å². The summed E-state index contributed by atoms with van der Waals surface area (Å²) in [5.74, 6) is 0.652. The van der Waals surface area contributed by atoms with Crippen molar-refractivity contribution in [1.29, 1.82) is 0 Å². The molecular weight excluding hydrogens is 252 g/mol. The van der Waals surface area contributed by atoms with Crippen molar-refractivity contribution in [2.45, 2.75) is 26.3 Å². The Kier molecular flexibility index (Phi) is 5.78. The zero-order valence-electron chi connectivity index (χ0n) is 10.9. The van der Waals surface area contributed by atoms with Gasteiger partial charge in [0.1, 0.15) is 11.8 Å². The third kappa shape index (κ3) is 4.11. The number of carbonyl (C=O) groups is 1. The number of carbonyl (C=O) groups excluding carboxylic acids is 1. The molecule has 0 saturated carbocycles. The normalized spacial score (nSPS) is 11.8. The Labute approximate surface area is 113 Å². The van der Waals surface area contributed by atoms with Gasteiger partial charge in [-0.05, 0) is 25.5 Å². The minimum atomic E-state index is -0.346. The third-order valence-electron chi connectivity index (χ3n) is 2.49. The molecule has 0 radical (unpaired) electrons. The van der Waals surface area contributed by atoms with E-state index in [1.54, 1.807) is 32.2 Å². The molecule has 1 aromatic carbocycles. The fourth-order valence-corrected chi connectivity index (χ4v) is 1.61. The molecule has 0 bridgehead atoms. The van der Waals surface area contributed by atoms with E-state index in [1.807, 2.05) is 6.92 Å². The number of halogens is 1. The van der Waals surface area contributed by atoms with Crippen molar-refractivity contribution in [2.75, 3.05) is 19.0 Å². The second-order valence-corrected chi connectivity index (χ2v) is 4.41. The first-order valence-corrected chi connectivity index (χ1v) is 6.34. The number of benzene rings is 1. The van der Waals surface area contributed by atoms with E-state index in [1.165, 1.54) is 0 Å². The van der Waals surface area contributed by atoms with Gasteiger partial charge in [0.2, 0.25) is 5.91 Å². The molecule has 0 aliphatic heterocycles. The van der Waals surface area contributed by atoms with Crippen molar-refractivity contribution < 1.29 is 9.53 Å². The largest absolute Gasteiger partial charge is 0.497 e. The quantitative estimate of drug-likeness (QED) is 0.836. The molecule has 1 unspecified atom stereocenters. The van der Waals surface area contributed by atoms with E-state index in [-0.39, 0.29) is 11.9 Å². The van der Waals surface area contributed by atoms with Gasteiger partial charge in [0, 0.05) is 12.6 Å². The van der Waals surface area contributed by atoms with Gasteiger partial charge in [0.15, 0.2) is 0 Å². The fourth-order valence-electron chi connectivity index (χ4n) is 1.44. The van der Waals surface area contributed by atoms with Crippen LogP contribution in [0.15, 0.2) is 18.2 Å². The number of methoxy groups -OCH3 is 1. The lowest BCUT2D eigenvalue weighted by atomic mass is 10.2. The van der Waals surface area contributed by atoms with E-state index in [4.69, 9.17) is 16.3 Å². The highest BCUT2D eigenvalue weighted by molar-refractivity contribution is 6.33. The van der Waals surface area contributed by atoms with E-state index in [0.717, 1.165) is 6.42 Å². The average Bonchev–Trinajstić information content (AvgIpc) is 2.38. The Hall–Kier alpha value is -1.42. The zero-order valence-corrected chi connectivity index (χ0v) is 11.7. The molecule has 5 heteroatoms. The van der Waals surface area contributed by atoms with Gasteiger partial charge in [0.25, 0.3) is 0 Å². The van der Waals surface area contributed by atoms with Crippen LogP contribution in [0, 0.1) is 0 Å². The number of nitrogens with one attached hydrogen (secondary N) is 2. The molecule has 0 saturated heterocycles. The van der Waals surface area contributed by atoms with Gasteiger partial charge in [-0.15, -0.1) is 0 Å². The molecule has 1 amide bonds. The Morgan fingerprint density at radius 3 is 2.83 bits per heavy atom. The molecule has 0 aliphatic rings. The Morgan fingerprint density at radius 2 is 2.22 bits per heavy atom. The lowest BCUT2D eigenvalue weighted by Crippen LogP contribution is -2.37. The Morgan fingerprint density at radius 1 is 1.50 bits per heavy atom. The smallest absolute Gasteiger partial charge is 0.242 e. The van der Waals surface area contributed by atoms with Crippen molar-refractivity contribution >= 4 is 23.2 Å². The summed E-state index contributed by atoms with van der Waals surface area (Å²) in [6.07, 6.45) is 0.915. The number of ether oxygens (including phenoxy) is 1. The van der Waals surface area contributed by atoms with Crippen molar-refractivity contribution in [3.05, 3.63) is 23.2 Å². The Balaban J connectivity index is 2.68. The molecule has 1 aromatic rings. The van der Waals surface area contributed by atoms with E-state index in [0.29, 0.717) is 23.0 Å². The standard InChI is InChI=1S/C13H19ClN2O2/c1-4-7-15-13(17)9(2)16-12-8-10(18-3)5-6-11(12)14/h5-6,8-9,16H,4,7H2,1-3H3,(H,15,17).